The molecule has 0 radical (unpaired) electrons. The standard InChI is InChI=1S/C52H39NS/c1-51(2)45-29-15-18-32-49(45)54-50-35-36(33-34-46(50)51)39-23-11-16-30-47(39)53(38-21-7-4-8-22-38)48-31-17-14-28-44(48)52(37-19-5-3-6-20-37)42-26-12-9-24-40(42)41-25-10-13-27-43(41)52/h3-35H,1-2H3. The van der Waals surface area contributed by atoms with Gasteiger partial charge in [0.15, 0.2) is 0 Å². The molecule has 0 saturated carbocycles. The van der Waals surface area contributed by atoms with Gasteiger partial charge in [-0.15, -0.1) is 0 Å². The molecule has 0 fully saturated rings. The smallest absolute Gasteiger partial charge is 0.0733 e. The predicted molar refractivity (Wildman–Crippen MR) is 227 cm³/mol. The second kappa shape index (κ2) is 12.8. The van der Waals surface area contributed by atoms with E-state index in [1.807, 2.05) is 11.8 Å². The Kier molecular flexibility index (Phi) is 7.71. The summed E-state index contributed by atoms with van der Waals surface area (Å²) < 4.78 is 0. The van der Waals surface area contributed by atoms with Crippen LogP contribution in [-0.4, -0.2) is 0 Å². The van der Waals surface area contributed by atoms with Gasteiger partial charge < -0.3 is 4.90 Å². The van der Waals surface area contributed by atoms with E-state index in [4.69, 9.17) is 0 Å². The van der Waals surface area contributed by atoms with E-state index in [0.717, 1.165) is 17.1 Å². The van der Waals surface area contributed by atoms with Crippen LogP contribution in [0.4, 0.5) is 17.1 Å². The Balaban J connectivity index is 1.23. The van der Waals surface area contributed by atoms with Crippen molar-refractivity contribution < 1.29 is 0 Å². The molecule has 0 saturated heterocycles. The summed E-state index contributed by atoms with van der Waals surface area (Å²) in [6.07, 6.45) is 0. The number of fused-ring (bicyclic) bond motifs is 5. The average molecular weight is 710 g/mol. The fourth-order valence-electron chi connectivity index (χ4n) is 9.19. The number of rotatable bonds is 6. The number of hydrogen-bond acceptors (Lipinski definition) is 2. The number of hydrogen-bond donors (Lipinski definition) is 0. The summed E-state index contributed by atoms with van der Waals surface area (Å²) >= 11 is 1.89. The van der Waals surface area contributed by atoms with Gasteiger partial charge in [0.2, 0.25) is 0 Å². The Morgan fingerprint density at radius 1 is 0.389 bits per heavy atom. The van der Waals surface area contributed by atoms with E-state index in [1.165, 1.54) is 65.4 Å². The van der Waals surface area contributed by atoms with Crippen LogP contribution in [0.5, 0.6) is 0 Å². The minimum Gasteiger partial charge on any atom is -0.310 e. The zero-order chi connectivity index (χ0) is 36.3. The van der Waals surface area contributed by atoms with E-state index >= 15 is 0 Å². The number of benzene rings is 8. The average Bonchev–Trinajstić information content (AvgIpc) is 3.53. The highest BCUT2D eigenvalue weighted by Gasteiger charge is 2.47. The lowest BCUT2D eigenvalue weighted by Gasteiger charge is -2.38. The molecule has 0 bridgehead atoms. The Labute approximate surface area is 322 Å². The number of nitrogens with zero attached hydrogens (tertiary/aromatic N) is 1. The third-order valence-electron chi connectivity index (χ3n) is 11.6. The summed E-state index contributed by atoms with van der Waals surface area (Å²) in [5.41, 5.74) is 15.6. The molecule has 8 aromatic rings. The molecular weight excluding hydrogens is 671 g/mol. The van der Waals surface area contributed by atoms with Gasteiger partial charge in [0.25, 0.3) is 0 Å². The van der Waals surface area contributed by atoms with Crippen molar-refractivity contribution in [3.05, 3.63) is 234 Å². The molecule has 1 nitrogen and oxygen atoms in total. The summed E-state index contributed by atoms with van der Waals surface area (Å²) in [6, 6.07) is 74.0. The minimum absolute atomic E-state index is 0.0795. The fraction of sp³-hybridized carbons (Fsp3) is 0.0769. The highest BCUT2D eigenvalue weighted by molar-refractivity contribution is 7.99. The van der Waals surface area contributed by atoms with Crippen molar-refractivity contribution in [1.82, 2.24) is 0 Å². The topological polar surface area (TPSA) is 3.24 Å². The fourth-order valence-corrected chi connectivity index (χ4v) is 10.6. The van der Waals surface area contributed by atoms with Crippen molar-refractivity contribution in [3.63, 3.8) is 0 Å². The monoisotopic (exact) mass is 709 g/mol. The van der Waals surface area contributed by atoms with Crippen molar-refractivity contribution in [2.45, 2.75) is 34.5 Å². The molecule has 1 aliphatic carbocycles. The molecule has 54 heavy (non-hydrogen) atoms. The van der Waals surface area contributed by atoms with Gasteiger partial charge in [-0.2, -0.15) is 0 Å². The highest BCUT2D eigenvalue weighted by atomic mass is 32.2. The zero-order valence-electron chi connectivity index (χ0n) is 30.4. The molecule has 2 heteroatoms. The maximum Gasteiger partial charge on any atom is 0.0733 e. The highest BCUT2D eigenvalue weighted by Crippen LogP contribution is 2.59. The lowest BCUT2D eigenvalue weighted by molar-refractivity contribution is 0.607. The van der Waals surface area contributed by atoms with Crippen molar-refractivity contribution in [3.8, 4) is 22.3 Å². The number of anilines is 3. The molecule has 0 atom stereocenters. The second-order valence-electron chi connectivity index (χ2n) is 14.8. The first-order chi connectivity index (χ1) is 26.6. The van der Waals surface area contributed by atoms with E-state index in [1.54, 1.807) is 0 Å². The van der Waals surface area contributed by atoms with Crippen molar-refractivity contribution in [1.29, 1.82) is 0 Å². The van der Waals surface area contributed by atoms with Gasteiger partial charge in [0.05, 0.1) is 16.8 Å². The molecule has 10 rings (SSSR count). The quantitative estimate of drug-likeness (QED) is 0.169. The third kappa shape index (κ3) is 4.87. The first-order valence-electron chi connectivity index (χ1n) is 18.8. The third-order valence-corrected chi connectivity index (χ3v) is 12.7. The molecule has 8 aromatic carbocycles. The molecule has 2 aliphatic rings. The van der Waals surface area contributed by atoms with Gasteiger partial charge in [-0.1, -0.05) is 189 Å². The van der Waals surface area contributed by atoms with Crippen LogP contribution in [-0.2, 0) is 10.8 Å². The largest absolute Gasteiger partial charge is 0.310 e. The van der Waals surface area contributed by atoms with E-state index in [2.05, 4.69) is 219 Å². The van der Waals surface area contributed by atoms with Gasteiger partial charge >= 0.3 is 0 Å². The van der Waals surface area contributed by atoms with E-state index in [-0.39, 0.29) is 5.41 Å². The Hall–Kier alpha value is -6.09. The molecule has 258 valence electrons. The van der Waals surface area contributed by atoms with Gasteiger partial charge in [0.1, 0.15) is 0 Å². The Morgan fingerprint density at radius 3 is 1.57 bits per heavy atom. The summed E-state index contributed by atoms with van der Waals surface area (Å²) in [4.78, 5) is 5.15. The molecule has 1 aliphatic heterocycles. The first kappa shape index (κ1) is 32.6. The van der Waals surface area contributed by atoms with Gasteiger partial charge in [-0.3, -0.25) is 0 Å². The summed E-state index contributed by atoms with van der Waals surface area (Å²) in [5.74, 6) is 0. The predicted octanol–water partition coefficient (Wildman–Crippen LogP) is 14.0. The van der Waals surface area contributed by atoms with Crippen LogP contribution in [0.15, 0.2) is 210 Å². The van der Waals surface area contributed by atoms with Crippen molar-refractivity contribution >= 4 is 28.8 Å². The van der Waals surface area contributed by atoms with Gasteiger partial charge in [-0.05, 0) is 86.5 Å². The van der Waals surface area contributed by atoms with Gasteiger partial charge in [0, 0.05) is 26.5 Å². The number of para-hydroxylation sites is 3. The SMILES string of the molecule is CC1(C)c2ccccc2Sc2cc(-c3ccccc3N(c3ccccc3)c3ccccc3C3(c4ccccc4)c4ccccc4-c4ccccc43)ccc21. The van der Waals surface area contributed by atoms with Crippen molar-refractivity contribution in [2.24, 2.45) is 0 Å². The van der Waals surface area contributed by atoms with Crippen molar-refractivity contribution in [2.75, 3.05) is 4.90 Å². The van der Waals surface area contributed by atoms with Crippen LogP contribution >= 0.6 is 11.8 Å². The first-order valence-corrected chi connectivity index (χ1v) is 19.6. The Bertz CT molecular complexity index is 2630. The molecule has 0 unspecified atom stereocenters. The summed E-state index contributed by atoms with van der Waals surface area (Å²) in [5, 5.41) is 0. The van der Waals surface area contributed by atoms with E-state index in [9.17, 15) is 0 Å². The van der Waals surface area contributed by atoms with Gasteiger partial charge in [-0.25, -0.2) is 0 Å². The molecule has 0 spiro atoms. The molecule has 0 N–H and O–H groups in total. The maximum absolute atomic E-state index is 2.49. The van der Waals surface area contributed by atoms with Crippen LogP contribution in [0.25, 0.3) is 22.3 Å². The zero-order valence-corrected chi connectivity index (χ0v) is 31.2. The lowest BCUT2D eigenvalue weighted by atomic mass is 9.67. The summed E-state index contributed by atoms with van der Waals surface area (Å²) in [6.45, 7) is 4.71. The second-order valence-corrected chi connectivity index (χ2v) is 15.9. The molecule has 1 heterocycles. The molecular formula is C52H39NS. The maximum atomic E-state index is 2.49. The van der Waals surface area contributed by atoms with E-state index in [0.29, 0.717) is 0 Å². The normalized spacial score (nSPS) is 14.3. The van der Waals surface area contributed by atoms with Crippen LogP contribution in [0.2, 0.25) is 0 Å². The van der Waals surface area contributed by atoms with E-state index < -0.39 is 5.41 Å². The molecule has 0 amide bonds. The van der Waals surface area contributed by atoms with Crippen LogP contribution < -0.4 is 4.90 Å². The summed E-state index contributed by atoms with van der Waals surface area (Å²) in [7, 11) is 0. The van der Waals surface area contributed by atoms with Crippen LogP contribution in [0.1, 0.15) is 47.2 Å². The molecule has 0 aromatic heterocycles. The minimum atomic E-state index is -0.547. The lowest BCUT2D eigenvalue weighted by Crippen LogP contribution is -2.30. The Morgan fingerprint density at radius 2 is 0.889 bits per heavy atom. The van der Waals surface area contributed by atoms with Crippen LogP contribution in [0, 0.1) is 0 Å². The van der Waals surface area contributed by atoms with Crippen LogP contribution in [0.3, 0.4) is 0 Å².